The second-order valence-electron chi connectivity index (χ2n) is 4.75. The van der Waals surface area contributed by atoms with E-state index in [-0.39, 0.29) is 22.4 Å². The first-order valence-corrected chi connectivity index (χ1v) is 7.92. The van der Waals surface area contributed by atoms with Gasteiger partial charge >= 0.3 is 5.97 Å². The first-order chi connectivity index (χ1) is 9.44. The maximum Gasteiger partial charge on any atom is 0.310 e. The molecule has 1 saturated heterocycles. The Morgan fingerprint density at radius 1 is 1.40 bits per heavy atom. The molecule has 0 saturated carbocycles. The van der Waals surface area contributed by atoms with Gasteiger partial charge in [0.25, 0.3) is 0 Å². The molecule has 7 heteroatoms. The molecule has 1 heterocycles. The Balaban J connectivity index is 2.15. The molecule has 0 bridgehead atoms. The average molecular weight is 299 g/mol. The van der Waals surface area contributed by atoms with Crippen LogP contribution in [0.1, 0.15) is 6.42 Å². The summed E-state index contributed by atoms with van der Waals surface area (Å²) in [5.41, 5.74) is 0. The zero-order chi connectivity index (χ0) is 14.8. The molecule has 6 nitrogen and oxygen atoms in total. The fourth-order valence-corrected chi connectivity index (χ4v) is 3.93. The van der Waals surface area contributed by atoms with E-state index < -0.39 is 21.8 Å². The number of esters is 1. The van der Waals surface area contributed by atoms with Gasteiger partial charge in [0.1, 0.15) is 5.75 Å². The monoisotopic (exact) mass is 299 g/mol. The topological polar surface area (TPSA) is 92.7 Å². The van der Waals surface area contributed by atoms with Crippen LogP contribution in [0.25, 0.3) is 0 Å². The van der Waals surface area contributed by atoms with Crippen LogP contribution in [0.5, 0.6) is 5.75 Å². The summed E-state index contributed by atoms with van der Waals surface area (Å²) in [5, 5.41) is 12.2. The van der Waals surface area contributed by atoms with E-state index in [4.69, 9.17) is 4.74 Å². The van der Waals surface area contributed by atoms with Gasteiger partial charge in [-0.2, -0.15) is 0 Å². The molecule has 1 aliphatic heterocycles. The second kappa shape index (κ2) is 5.80. The lowest BCUT2D eigenvalue weighted by Gasteiger charge is -2.17. The molecule has 0 radical (unpaired) electrons. The van der Waals surface area contributed by atoms with E-state index in [2.05, 4.69) is 5.32 Å². The highest BCUT2D eigenvalue weighted by Crippen LogP contribution is 2.22. The maximum absolute atomic E-state index is 12.3. The summed E-state index contributed by atoms with van der Waals surface area (Å²) in [7, 11) is -2.22. The number of ether oxygens (including phenoxy) is 1. The van der Waals surface area contributed by atoms with E-state index in [9.17, 15) is 18.3 Å². The Bertz CT molecular complexity index is 581. The first-order valence-electron chi connectivity index (χ1n) is 6.27. The number of nitrogens with one attached hydrogen (secondary N) is 1. The molecule has 1 fully saturated rings. The Labute approximate surface area is 117 Å². The SMILES string of the molecule is COC(=O)[C@H]1CCNC1CS(=O)(=O)c1ccc(O)cc1. The van der Waals surface area contributed by atoms with Crippen molar-refractivity contribution < 1.29 is 23.1 Å². The summed E-state index contributed by atoms with van der Waals surface area (Å²) in [4.78, 5) is 11.7. The zero-order valence-corrected chi connectivity index (χ0v) is 11.9. The number of phenolic OH excluding ortho intramolecular Hbond substituents is 1. The van der Waals surface area contributed by atoms with Crippen LogP contribution in [0, 0.1) is 5.92 Å². The molecular weight excluding hydrogens is 282 g/mol. The molecule has 1 aliphatic rings. The maximum atomic E-state index is 12.3. The fraction of sp³-hybridized carbons (Fsp3) is 0.462. The number of hydrogen-bond acceptors (Lipinski definition) is 6. The number of phenols is 1. The Kier molecular flexibility index (Phi) is 4.29. The molecule has 1 aromatic carbocycles. The molecule has 0 aromatic heterocycles. The molecule has 2 atom stereocenters. The molecule has 2 rings (SSSR count). The van der Waals surface area contributed by atoms with Crippen LogP contribution in [0.2, 0.25) is 0 Å². The smallest absolute Gasteiger partial charge is 0.310 e. The summed E-state index contributed by atoms with van der Waals surface area (Å²) in [6.45, 7) is 0.593. The van der Waals surface area contributed by atoms with Crippen molar-refractivity contribution in [3.8, 4) is 5.75 Å². The van der Waals surface area contributed by atoms with E-state index in [1.807, 2.05) is 0 Å². The van der Waals surface area contributed by atoms with Crippen molar-refractivity contribution in [3.63, 3.8) is 0 Å². The van der Waals surface area contributed by atoms with Gasteiger partial charge in [-0.15, -0.1) is 0 Å². The van der Waals surface area contributed by atoms with Gasteiger partial charge in [0.05, 0.1) is 23.7 Å². The van der Waals surface area contributed by atoms with E-state index >= 15 is 0 Å². The minimum atomic E-state index is -3.52. The number of benzene rings is 1. The van der Waals surface area contributed by atoms with Crippen LogP contribution in [-0.4, -0.2) is 44.9 Å². The summed E-state index contributed by atoms with van der Waals surface area (Å²) >= 11 is 0. The van der Waals surface area contributed by atoms with Crippen molar-refractivity contribution in [2.75, 3.05) is 19.4 Å². The van der Waals surface area contributed by atoms with Crippen molar-refractivity contribution in [1.29, 1.82) is 0 Å². The molecule has 20 heavy (non-hydrogen) atoms. The predicted molar refractivity (Wildman–Crippen MR) is 72.1 cm³/mol. The highest BCUT2D eigenvalue weighted by Gasteiger charge is 2.36. The van der Waals surface area contributed by atoms with Gasteiger partial charge in [0.2, 0.25) is 0 Å². The molecule has 1 aromatic rings. The van der Waals surface area contributed by atoms with Crippen molar-refractivity contribution in [2.24, 2.45) is 5.92 Å². The molecule has 0 spiro atoms. The predicted octanol–water partition coefficient (Wildman–Crippen LogP) is 0.317. The lowest BCUT2D eigenvalue weighted by atomic mass is 10.0. The van der Waals surface area contributed by atoms with Crippen molar-refractivity contribution in [3.05, 3.63) is 24.3 Å². The highest BCUT2D eigenvalue weighted by atomic mass is 32.2. The number of carbonyl (C=O) groups is 1. The van der Waals surface area contributed by atoms with Crippen molar-refractivity contribution >= 4 is 15.8 Å². The number of sulfone groups is 1. The van der Waals surface area contributed by atoms with E-state index in [0.717, 1.165) is 0 Å². The third-order valence-corrected chi connectivity index (χ3v) is 5.23. The Morgan fingerprint density at radius 3 is 2.65 bits per heavy atom. The summed E-state index contributed by atoms with van der Waals surface area (Å²) in [5.74, 6) is -0.986. The van der Waals surface area contributed by atoms with Crippen LogP contribution in [0.3, 0.4) is 0 Å². The van der Waals surface area contributed by atoms with Gasteiger partial charge in [-0.25, -0.2) is 8.42 Å². The standard InChI is InChI=1S/C13H17NO5S/c1-19-13(16)11-6-7-14-12(11)8-20(17,18)10-4-2-9(15)3-5-10/h2-5,11-12,14-15H,6-8H2,1H3/t11-,12?/m0/s1. The minimum Gasteiger partial charge on any atom is -0.508 e. The van der Waals surface area contributed by atoms with Crippen LogP contribution in [-0.2, 0) is 19.4 Å². The Morgan fingerprint density at radius 2 is 2.05 bits per heavy atom. The lowest BCUT2D eigenvalue weighted by molar-refractivity contribution is -0.145. The lowest BCUT2D eigenvalue weighted by Crippen LogP contribution is -2.38. The third kappa shape index (κ3) is 3.10. The van der Waals surface area contributed by atoms with Crippen molar-refractivity contribution in [1.82, 2.24) is 5.32 Å². The highest BCUT2D eigenvalue weighted by molar-refractivity contribution is 7.91. The number of carbonyl (C=O) groups excluding carboxylic acids is 1. The number of aromatic hydroxyl groups is 1. The van der Waals surface area contributed by atoms with Crippen molar-refractivity contribution in [2.45, 2.75) is 17.4 Å². The molecule has 110 valence electrons. The van der Waals surface area contributed by atoms with Gasteiger partial charge in [0, 0.05) is 6.04 Å². The average Bonchev–Trinajstić information content (AvgIpc) is 2.85. The molecule has 1 unspecified atom stereocenters. The van der Waals surface area contributed by atoms with Gasteiger partial charge in [-0.1, -0.05) is 0 Å². The number of methoxy groups -OCH3 is 1. The third-order valence-electron chi connectivity index (χ3n) is 3.45. The van der Waals surface area contributed by atoms with Gasteiger partial charge in [-0.3, -0.25) is 4.79 Å². The molecule has 0 aliphatic carbocycles. The van der Waals surface area contributed by atoms with Gasteiger partial charge < -0.3 is 15.2 Å². The minimum absolute atomic E-state index is 0.00961. The normalized spacial score (nSPS) is 22.6. The first kappa shape index (κ1) is 14.8. The molecular formula is C13H17NO5S. The van der Waals surface area contributed by atoms with Crippen LogP contribution in [0.4, 0.5) is 0 Å². The van der Waals surface area contributed by atoms with Crippen LogP contribution >= 0.6 is 0 Å². The van der Waals surface area contributed by atoms with E-state index in [1.165, 1.54) is 31.4 Å². The van der Waals surface area contributed by atoms with E-state index in [1.54, 1.807) is 0 Å². The quantitative estimate of drug-likeness (QED) is 0.778. The summed E-state index contributed by atoms with van der Waals surface area (Å²) in [6, 6.07) is 4.92. The van der Waals surface area contributed by atoms with Gasteiger partial charge in [0.15, 0.2) is 9.84 Å². The zero-order valence-electron chi connectivity index (χ0n) is 11.1. The number of rotatable bonds is 4. The molecule has 2 N–H and O–H groups in total. The van der Waals surface area contributed by atoms with Crippen LogP contribution in [0.15, 0.2) is 29.2 Å². The summed E-state index contributed by atoms with van der Waals surface area (Å²) < 4.78 is 29.3. The fourth-order valence-electron chi connectivity index (χ4n) is 2.36. The number of hydrogen-bond donors (Lipinski definition) is 2. The molecule has 0 amide bonds. The summed E-state index contributed by atoms with van der Waals surface area (Å²) in [6.07, 6.45) is 0.572. The largest absolute Gasteiger partial charge is 0.508 e. The van der Waals surface area contributed by atoms with E-state index in [0.29, 0.717) is 13.0 Å². The Hall–Kier alpha value is -1.60. The van der Waals surface area contributed by atoms with Crippen LogP contribution < -0.4 is 5.32 Å². The second-order valence-corrected chi connectivity index (χ2v) is 6.79. The van der Waals surface area contributed by atoms with Gasteiger partial charge in [-0.05, 0) is 37.2 Å².